The summed E-state index contributed by atoms with van der Waals surface area (Å²) in [6.07, 6.45) is 0. The van der Waals surface area contributed by atoms with Crippen LogP contribution in [0.2, 0.25) is 0 Å². The zero-order valence-corrected chi connectivity index (χ0v) is 12.4. The lowest BCUT2D eigenvalue weighted by molar-refractivity contribution is -0.385. The molecule has 114 valence electrons. The number of carbonyl (C=O) groups is 1. The Morgan fingerprint density at radius 1 is 1.27 bits per heavy atom. The lowest BCUT2D eigenvalue weighted by atomic mass is 10.3. The van der Waals surface area contributed by atoms with E-state index in [4.69, 9.17) is 4.74 Å². The van der Waals surface area contributed by atoms with Crippen LogP contribution in [0.25, 0.3) is 0 Å². The molecule has 1 unspecified atom stereocenters. The number of rotatable bonds is 5. The number of nitro groups is 1. The predicted molar refractivity (Wildman–Crippen MR) is 80.5 cm³/mol. The highest BCUT2D eigenvalue weighted by molar-refractivity contribution is 8.00. The van der Waals surface area contributed by atoms with E-state index in [-0.39, 0.29) is 0 Å². The molecule has 0 aromatic heterocycles. The van der Waals surface area contributed by atoms with E-state index in [1.807, 2.05) is 30.3 Å². The van der Waals surface area contributed by atoms with E-state index in [9.17, 15) is 19.3 Å². The summed E-state index contributed by atoms with van der Waals surface area (Å²) >= 11 is 1.25. The largest absolute Gasteiger partial charge is 0.418 e. The summed E-state index contributed by atoms with van der Waals surface area (Å²) in [4.78, 5) is 23.0. The molecule has 7 heteroatoms. The number of hydrogen-bond acceptors (Lipinski definition) is 5. The molecule has 0 saturated heterocycles. The molecule has 0 aliphatic carbocycles. The van der Waals surface area contributed by atoms with Gasteiger partial charge < -0.3 is 4.74 Å². The first-order valence-electron chi connectivity index (χ1n) is 6.34. The fourth-order valence-electron chi connectivity index (χ4n) is 1.66. The average Bonchev–Trinajstić information content (AvgIpc) is 2.48. The van der Waals surface area contributed by atoms with E-state index < -0.39 is 33.4 Å². The molecule has 0 aliphatic heterocycles. The monoisotopic (exact) mass is 321 g/mol. The van der Waals surface area contributed by atoms with Crippen LogP contribution in [0.1, 0.15) is 6.92 Å². The van der Waals surface area contributed by atoms with E-state index in [1.54, 1.807) is 6.92 Å². The Morgan fingerprint density at radius 2 is 1.95 bits per heavy atom. The smallest absolute Gasteiger partial charge is 0.324 e. The number of carbonyl (C=O) groups excluding carboxylic acids is 1. The van der Waals surface area contributed by atoms with Gasteiger partial charge in [0, 0.05) is 17.0 Å². The molecular formula is C15H12FNO4S. The van der Waals surface area contributed by atoms with E-state index in [0.717, 1.165) is 23.1 Å². The summed E-state index contributed by atoms with van der Waals surface area (Å²) in [5, 5.41) is 10.3. The molecule has 2 rings (SSSR count). The summed E-state index contributed by atoms with van der Waals surface area (Å²) in [5.41, 5.74) is -0.452. The maximum absolute atomic E-state index is 13.2. The second-order valence-corrected chi connectivity index (χ2v) is 5.78. The Hall–Kier alpha value is -2.41. The van der Waals surface area contributed by atoms with Gasteiger partial charge in [0.25, 0.3) is 0 Å². The van der Waals surface area contributed by atoms with Gasteiger partial charge in [-0.25, -0.2) is 4.39 Å². The Morgan fingerprint density at radius 3 is 2.59 bits per heavy atom. The number of benzene rings is 2. The van der Waals surface area contributed by atoms with E-state index >= 15 is 0 Å². The topological polar surface area (TPSA) is 69.4 Å². The molecule has 0 amide bonds. The molecule has 2 aromatic carbocycles. The third-order valence-corrected chi connectivity index (χ3v) is 3.81. The van der Waals surface area contributed by atoms with Crippen molar-refractivity contribution >= 4 is 23.4 Å². The van der Waals surface area contributed by atoms with Crippen LogP contribution < -0.4 is 4.74 Å². The molecule has 0 fully saturated rings. The average molecular weight is 321 g/mol. The summed E-state index contributed by atoms with van der Waals surface area (Å²) in [6.45, 7) is 1.62. The third-order valence-electron chi connectivity index (χ3n) is 2.72. The van der Waals surface area contributed by atoms with Crippen LogP contribution in [0.4, 0.5) is 10.1 Å². The van der Waals surface area contributed by atoms with Crippen molar-refractivity contribution in [3.8, 4) is 5.75 Å². The second kappa shape index (κ2) is 7.04. The lowest BCUT2D eigenvalue weighted by Gasteiger charge is -2.11. The van der Waals surface area contributed by atoms with E-state index in [1.165, 1.54) is 11.8 Å². The molecule has 0 spiro atoms. The SMILES string of the molecule is CC(Sc1ccccc1)C(=O)Oc1cc(F)ccc1[N+](=O)[O-]. The van der Waals surface area contributed by atoms with Crippen molar-refractivity contribution in [3.05, 3.63) is 64.5 Å². The van der Waals surface area contributed by atoms with Gasteiger partial charge >= 0.3 is 11.7 Å². The van der Waals surface area contributed by atoms with Crippen molar-refractivity contribution < 1.29 is 18.8 Å². The number of halogens is 1. The number of nitro benzene ring substituents is 1. The quantitative estimate of drug-likeness (QED) is 0.275. The van der Waals surface area contributed by atoms with Crippen LogP contribution in [0.15, 0.2) is 53.4 Å². The maximum atomic E-state index is 13.2. The summed E-state index contributed by atoms with van der Waals surface area (Å²) in [5.74, 6) is -1.78. The molecule has 0 bridgehead atoms. The van der Waals surface area contributed by atoms with Crippen molar-refractivity contribution in [2.75, 3.05) is 0 Å². The molecule has 0 radical (unpaired) electrons. The minimum Gasteiger partial charge on any atom is -0.418 e. The van der Waals surface area contributed by atoms with Crippen molar-refractivity contribution in [3.63, 3.8) is 0 Å². The Bertz CT molecular complexity index is 693. The van der Waals surface area contributed by atoms with Crippen molar-refractivity contribution in [2.24, 2.45) is 0 Å². The summed E-state index contributed by atoms with van der Waals surface area (Å²) < 4.78 is 18.2. The van der Waals surface area contributed by atoms with E-state index in [0.29, 0.717) is 0 Å². The van der Waals surface area contributed by atoms with Crippen LogP contribution in [0.5, 0.6) is 5.75 Å². The van der Waals surface area contributed by atoms with Gasteiger partial charge in [-0.2, -0.15) is 0 Å². The summed E-state index contributed by atoms with van der Waals surface area (Å²) in [7, 11) is 0. The zero-order valence-electron chi connectivity index (χ0n) is 11.6. The molecule has 0 N–H and O–H groups in total. The van der Waals surface area contributed by atoms with Gasteiger partial charge in [-0.1, -0.05) is 18.2 Å². The standard InChI is InChI=1S/C15H12FNO4S/c1-10(22-12-5-3-2-4-6-12)15(18)21-14-9-11(16)7-8-13(14)17(19)20/h2-10H,1H3. The molecule has 2 aromatic rings. The van der Waals surface area contributed by atoms with Gasteiger partial charge in [0.2, 0.25) is 5.75 Å². The third kappa shape index (κ3) is 4.05. The fourth-order valence-corrected chi connectivity index (χ4v) is 2.53. The molecule has 1 atom stereocenters. The summed E-state index contributed by atoms with van der Waals surface area (Å²) in [6, 6.07) is 11.9. The molecule has 22 heavy (non-hydrogen) atoms. The van der Waals surface area contributed by atoms with Gasteiger partial charge in [-0.15, -0.1) is 11.8 Å². The first-order valence-corrected chi connectivity index (χ1v) is 7.22. The molecule has 0 heterocycles. The van der Waals surface area contributed by atoms with Crippen LogP contribution in [-0.2, 0) is 4.79 Å². The van der Waals surface area contributed by atoms with Gasteiger partial charge in [-0.3, -0.25) is 14.9 Å². The molecule has 0 saturated carbocycles. The van der Waals surface area contributed by atoms with Crippen molar-refractivity contribution in [2.45, 2.75) is 17.1 Å². The Balaban J connectivity index is 2.11. The fraction of sp³-hybridized carbons (Fsp3) is 0.133. The highest BCUT2D eigenvalue weighted by Gasteiger charge is 2.22. The van der Waals surface area contributed by atoms with Crippen LogP contribution in [-0.4, -0.2) is 16.1 Å². The van der Waals surface area contributed by atoms with Crippen molar-refractivity contribution in [1.82, 2.24) is 0 Å². The van der Waals surface area contributed by atoms with Crippen LogP contribution in [0.3, 0.4) is 0 Å². The predicted octanol–water partition coefficient (Wildman–Crippen LogP) is 3.82. The molecule has 0 aliphatic rings. The van der Waals surface area contributed by atoms with Gasteiger partial charge in [0.1, 0.15) is 11.1 Å². The minimum absolute atomic E-state index is 0.393. The first-order chi connectivity index (χ1) is 10.5. The number of esters is 1. The maximum Gasteiger partial charge on any atom is 0.324 e. The van der Waals surface area contributed by atoms with Crippen molar-refractivity contribution in [1.29, 1.82) is 0 Å². The number of thioether (sulfide) groups is 1. The van der Waals surface area contributed by atoms with Crippen LogP contribution >= 0.6 is 11.8 Å². The lowest BCUT2D eigenvalue weighted by Crippen LogP contribution is -2.20. The first kappa shape index (κ1) is 16.0. The number of nitrogens with zero attached hydrogens (tertiary/aromatic N) is 1. The second-order valence-electron chi connectivity index (χ2n) is 4.36. The Kier molecular flexibility index (Phi) is 5.11. The normalized spacial score (nSPS) is 11.7. The number of hydrogen-bond donors (Lipinski definition) is 0. The number of ether oxygens (including phenoxy) is 1. The molecule has 5 nitrogen and oxygen atoms in total. The van der Waals surface area contributed by atoms with Gasteiger partial charge in [-0.05, 0) is 25.1 Å². The van der Waals surface area contributed by atoms with E-state index in [2.05, 4.69) is 0 Å². The van der Waals surface area contributed by atoms with Crippen LogP contribution in [0, 0.1) is 15.9 Å². The van der Waals surface area contributed by atoms with Gasteiger partial charge in [0.05, 0.1) is 4.92 Å². The van der Waals surface area contributed by atoms with Gasteiger partial charge in [0.15, 0.2) is 0 Å². The molecular weight excluding hydrogens is 309 g/mol. The Labute approximate surface area is 130 Å². The minimum atomic E-state index is -0.725. The highest BCUT2D eigenvalue weighted by atomic mass is 32.2. The highest BCUT2D eigenvalue weighted by Crippen LogP contribution is 2.30. The zero-order chi connectivity index (χ0) is 16.1.